The van der Waals surface area contributed by atoms with E-state index in [0.29, 0.717) is 24.2 Å². The average molecular weight is 321 g/mol. The molecule has 1 aromatic rings. The number of urea groups is 1. The van der Waals surface area contributed by atoms with Gasteiger partial charge in [0, 0.05) is 44.8 Å². The summed E-state index contributed by atoms with van der Waals surface area (Å²) in [6, 6.07) is 3.59. The van der Waals surface area contributed by atoms with Gasteiger partial charge in [0.1, 0.15) is 0 Å². The maximum atomic E-state index is 11.9. The highest BCUT2D eigenvalue weighted by molar-refractivity contribution is 5.89. The summed E-state index contributed by atoms with van der Waals surface area (Å²) in [5, 5.41) is 5.69. The van der Waals surface area contributed by atoms with Gasteiger partial charge >= 0.3 is 6.03 Å². The summed E-state index contributed by atoms with van der Waals surface area (Å²) in [5.41, 5.74) is 0.646. The van der Waals surface area contributed by atoms with Crippen LogP contribution in [0.25, 0.3) is 0 Å². The summed E-state index contributed by atoms with van der Waals surface area (Å²) in [7, 11) is 1.56. The van der Waals surface area contributed by atoms with Gasteiger partial charge in [0.15, 0.2) is 0 Å². The highest BCUT2D eigenvalue weighted by atomic mass is 16.5. The second-order valence-corrected chi connectivity index (χ2v) is 5.74. The van der Waals surface area contributed by atoms with Gasteiger partial charge in [-0.05, 0) is 19.5 Å². The fourth-order valence-corrected chi connectivity index (χ4v) is 2.64. The number of rotatable bonds is 6. The molecule has 0 radical (unpaired) electrons. The molecule has 0 spiro atoms. The van der Waals surface area contributed by atoms with Crippen molar-refractivity contribution >= 4 is 11.7 Å². The lowest BCUT2D eigenvalue weighted by atomic mass is 10.2. The minimum absolute atomic E-state index is 0.212. The molecule has 0 saturated carbocycles. The van der Waals surface area contributed by atoms with Crippen LogP contribution in [-0.4, -0.2) is 73.2 Å². The summed E-state index contributed by atoms with van der Waals surface area (Å²) >= 11 is 0. The minimum Gasteiger partial charge on any atom is -0.481 e. The van der Waals surface area contributed by atoms with E-state index in [9.17, 15) is 4.79 Å². The molecule has 1 aliphatic heterocycles. The third-order valence-electron chi connectivity index (χ3n) is 4.24. The molecule has 1 atom stereocenters. The van der Waals surface area contributed by atoms with Gasteiger partial charge in [0.25, 0.3) is 0 Å². The van der Waals surface area contributed by atoms with E-state index in [-0.39, 0.29) is 6.03 Å². The summed E-state index contributed by atoms with van der Waals surface area (Å²) in [4.78, 5) is 20.9. The van der Waals surface area contributed by atoms with Crippen molar-refractivity contribution in [1.82, 2.24) is 20.1 Å². The van der Waals surface area contributed by atoms with Crippen LogP contribution in [0, 0.1) is 0 Å². The van der Waals surface area contributed by atoms with E-state index in [2.05, 4.69) is 39.3 Å². The van der Waals surface area contributed by atoms with Gasteiger partial charge in [-0.1, -0.05) is 6.92 Å². The maximum Gasteiger partial charge on any atom is 0.319 e. The number of ether oxygens (including phenoxy) is 1. The van der Waals surface area contributed by atoms with Crippen molar-refractivity contribution in [3.05, 3.63) is 18.3 Å². The molecule has 1 unspecified atom stereocenters. The van der Waals surface area contributed by atoms with Gasteiger partial charge in [-0.15, -0.1) is 0 Å². The van der Waals surface area contributed by atoms with Gasteiger partial charge in [-0.3, -0.25) is 4.90 Å². The number of hydrogen-bond acceptors (Lipinski definition) is 5. The number of piperazine rings is 1. The number of pyridine rings is 1. The number of nitrogens with one attached hydrogen (secondary N) is 2. The molecule has 1 fully saturated rings. The van der Waals surface area contributed by atoms with Gasteiger partial charge in [0.2, 0.25) is 5.88 Å². The molecular weight excluding hydrogens is 294 g/mol. The Hall–Kier alpha value is -1.86. The Morgan fingerprint density at radius 3 is 2.65 bits per heavy atom. The van der Waals surface area contributed by atoms with Crippen molar-refractivity contribution in [2.75, 3.05) is 51.7 Å². The topological polar surface area (TPSA) is 69.7 Å². The van der Waals surface area contributed by atoms with Crippen LogP contribution in [0.1, 0.15) is 13.8 Å². The molecule has 1 saturated heterocycles. The van der Waals surface area contributed by atoms with Gasteiger partial charge in [-0.25, -0.2) is 9.78 Å². The molecule has 2 amide bonds. The zero-order valence-corrected chi connectivity index (χ0v) is 14.2. The van der Waals surface area contributed by atoms with Crippen molar-refractivity contribution < 1.29 is 9.53 Å². The molecule has 2 rings (SSSR count). The number of carbonyl (C=O) groups excluding carboxylic acids is 1. The Bertz CT molecular complexity index is 486. The minimum atomic E-state index is -0.212. The molecule has 1 aliphatic rings. The molecule has 1 aromatic heterocycles. The van der Waals surface area contributed by atoms with Crippen molar-refractivity contribution in [2.24, 2.45) is 0 Å². The summed E-state index contributed by atoms with van der Waals surface area (Å²) in [6.07, 6.45) is 1.58. The second kappa shape index (κ2) is 8.69. The van der Waals surface area contributed by atoms with Gasteiger partial charge in [0.05, 0.1) is 19.0 Å². The first-order valence-electron chi connectivity index (χ1n) is 8.13. The Balaban J connectivity index is 1.71. The molecule has 128 valence electrons. The molecule has 0 aromatic carbocycles. The number of anilines is 1. The number of carbonyl (C=O) groups is 1. The highest BCUT2D eigenvalue weighted by Crippen LogP contribution is 2.10. The molecule has 7 heteroatoms. The van der Waals surface area contributed by atoms with Crippen LogP contribution in [0.5, 0.6) is 5.88 Å². The predicted octanol–water partition coefficient (Wildman–Crippen LogP) is 1.24. The third kappa shape index (κ3) is 5.37. The van der Waals surface area contributed by atoms with Gasteiger partial charge < -0.3 is 20.3 Å². The van der Waals surface area contributed by atoms with E-state index in [1.54, 1.807) is 25.4 Å². The fraction of sp³-hybridized carbons (Fsp3) is 0.625. The van der Waals surface area contributed by atoms with E-state index in [1.807, 2.05) is 0 Å². The van der Waals surface area contributed by atoms with Crippen LogP contribution in [-0.2, 0) is 0 Å². The monoisotopic (exact) mass is 321 g/mol. The fourth-order valence-electron chi connectivity index (χ4n) is 2.64. The zero-order valence-electron chi connectivity index (χ0n) is 14.2. The summed E-state index contributed by atoms with van der Waals surface area (Å²) < 4.78 is 4.99. The van der Waals surface area contributed by atoms with Crippen LogP contribution in [0.3, 0.4) is 0 Å². The molecule has 2 N–H and O–H groups in total. The zero-order chi connectivity index (χ0) is 16.7. The average Bonchev–Trinajstić information content (AvgIpc) is 2.60. The van der Waals surface area contributed by atoms with Crippen molar-refractivity contribution in [3.8, 4) is 5.88 Å². The van der Waals surface area contributed by atoms with Crippen LogP contribution < -0.4 is 15.4 Å². The molecule has 0 bridgehead atoms. The number of hydrogen-bond donors (Lipinski definition) is 2. The summed E-state index contributed by atoms with van der Waals surface area (Å²) in [5.74, 6) is 0.524. The SMILES string of the molecule is CCN1CCN(C(C)CNC(=O)Nc2ccc(OC)nc2)CC1. The molecule has 23 heavy (non-hydrogen) atoms. The number of aromatic nitrogens is 1. The lowest BCUT2D eigenvalue weighted by Gasteiger charge is -2.37. The Morgan fingerprint density at radius 1 is 1.35 bits per heavy atom. The predicted molar refractivity (Wildman–Crippen MR) is 91.0 cm³/mol. The Kier molecular flexibility index (Phi) is 6.61. The van der Waals surface area contributed by atoms with Crippen LogP contribution in [0.15, 0.2) is 18.3 Å². The van der Waals surface area contributed by atoms with Crippen LogP contribution in [0.4, 0.5) is 10.5 Å². The van der Waals surface area contributed by atoms with Crippen molar-refractivity contribution in [2.45, 2.75) is 19.9 Å². The van der Waals surface area contributed by atoms with E-state index in [0.717, 1.165) is 32.7 Å². The van der Waals surface area contributed by atoms with Gasteiger partial charge in [-0.2, -0.15) is 0 Å². The first-order chi connectivity index (χ1) is 11.1. The largest absolute Gasteiger partial charge is 0.481 e. The van der Waals surface area contributed by atoms with E-state index >= 15 is 0 Å². The lowest BCUT2D eigenvalue weighted by Crippen LogP contribution is -2.52. The van der Waals surface area contributed by atoms with E-state index < -0.39 is 0 Å². The van der Waals surface area contributed by atoms with E-state index in [1.165, 1.54) is 0 Å². The molecule has 7 nitrogen and oxygen atoms in total. The quantitative estimate of drug-likeness (QED) is 0.825. The lowest BCUT2D eigenvalue weighted by molar-refractivity contribution is 0.106. The van der Waals surface area contributed by atoms with Crippen molar-refractivity contribution in [3.63, 3.8) is 0 Å². The first-order valence-corrected chi connectivity index (χ1v) is 8.13. The standard InChI is InChI=1S/C16H27N5O2/c1-4-20-7-9-21(10-8-20)13(2)11-18-16(22)19-14-5-6-15(23-3)17-12-14/h5-6,12-13H,4,7-11H2,1-3H3,(H2,18,19,22). The van der Waals surface area contributed by atoms with Crippen LogP contribution in [0.2, 0.25) is 0 Å². The Morgan fingerprint density at radius 2 is 2.09 bits per heavy atom. The molecular formula is C16H27N5O2. The molecule has 2 heterocycles. The smallest absolute Gasteiger partial charge is 0.319 e. The second-order valence-electron chi connectivity index (χ2n) is 5.74. The number of amides is 2. The normalized spacial score (nSPS) is 17.5. The van der Waals surface area contributed by atoms with Crippen molar-refractivity contribution in [1.29, 1.82) is 0 Å². The Labute approximate surface area is 138 Å². The first kappa shape index (κ1) is 17.5. The van der Waals surface area contributed by atoms with E-state index in [4.69, 9.17) is 4.74 Å². The van der Waals surface area contributed by atoms with Crippen LogP contribution >= 0.6 is 0 Å². The number of likely N-dealkylation sites (N-methyl/N-ethyl adjacent to an activating group) is 1. The number of nitrogens with zero attached hydrogens (tertiary/aromatic N) is 3. The molecule has 0 aliphatic carbocycles. The maximum absolute atomic E-state index is 11.9. The third-order valence-corrected chi connectivity index (χ3v) is 4.24. The number of methoxy groups -OCH3 is 1. The highest BCUT2D eigenvalue weighted by Gasteiger charge is 2.20. The summed E-state index contributed by atoms with van der Waals surface area (Å²) in [6.45, 7) is 10.4.